The van der Waals surface area contributed by atoms with Crippen LogP contribution >= 0.6 is 11.6 Å². The van der Waals surface area contributed by atoms with Gasteiger partial charge in [-0.3, -0.25) is 9.63 Å². The summed E-state index contributed by atoms with van der Waals surface area (Å²) in [6.45, 7) is 0.0968. The van der Waals surface area contributed by atoms with Gasteiger partial charge in [0.15, 0.2) is 27.3 Å². The minimum atomic E-state index is -4.18. The molecule has 4 unspecified atom stereocenters. The van der Waals surface area contributed by atoms with Crippen LogP contribution in [0.2, 0.25) is 5.02 Å². The first-order valence-corrected chi connectivity index (χ1v) is 13.8. The molecule has 1 saturated heterocycles. The molecule has 2 aromatic rings. The number of aliphatic hydroxyl groups is 1. The number of nitrogens with one attached hydrogen (secondary N) is 1. The zero-order chi connectivity index (χ0) is 27.6. The van der Waals surface area contributed by atoms with Crippen molar-refractivity contribution in [1.82, 2.24) is 5.06 Å². The number of hydrogen-bond acceptors (Lipinski definition) is 7. The zero-order valence-corrected chi connectivity index (χ0v) is 21.6. The monoisotopic (exact) mass is 569 g/mol. The first-order chi connectivity index (χ1) is 17.9. The van der Waals surface area contributed by atoms with Gasteiger partial charge in [-0.25, -0.2) is 21.6 Å². The second kappa shape index (κ2) is 9.50. The van der Waals surface area contributed by atoms with Crippen molar-refractivity contribution in [3.63, 3.8) is 0 Å². The van der Waals surface area contributed by atoms with Crippen molar-refractivity contribution in [2.45, 2.75) is 41.1 Å². The van der Waals surface area contributed by atoms with E-state index >= 15 is 0 Å². The Morgan fingerprint density at radius 2 is 1.92 bits per heavy atom. The number of rotatable bonds is 5. The summed E-state index contributed by atoms with van der Waals surface area (Å²) in [5.74, 6) is -7.31. The first-order valence-electron chi connectivity index (χ1n) is 11.9. The van der Waals surface area contributed by atoms with Gasteiger partial charge in [0.25, 0.3) is 5.91 Å². The van der Waals surface area contributed by atoms with Gasteiger partial charge in [0.1, 0.15) is 0 Å². The molecular formula is C25H23ClF3N3O5S. The fourth-order valence-electron chi connectivity index (χ4n) is 6.42. The average Bonchev–Trinajstić information content (AvgIpc) is 3.54. The minimum absolute atomic E-state index is 0.0968. The van der Waals surface area contributed by atoms with E-state index in [9.17, 15) is 36.8 Å². The van der Waals surface area contributed by atoms with Gasteiger partial charge in [0.05, 0.1) is 45.4 Å². The maximum Gasteiger partial charge on any atom is 0.255 e. The fraction of sp³-hybridized carbons (Fsp3) is 0.440. The predicted octanol–water partition coefficient (Wildman–Crippen LogP) is 3.70. The smallest absolute Gasteiger partial charge is 0.255 e. The Labute approximate surface area is 221 Å². The Morgan fingerprint density at radius 3 is 2.58 bits per heavy atom. The molecule has 1 aliphatic heterocycles. The molecule has 1 amide bonds. The first kappa shape index (κ1) is 26.9. The van der Waals surface area contributed by atoms with Crippen molar-refractivity contribution < 1.29 is 36.3 Å². The standard InChI is InChI=1S/C25H23ClF3N3O5S/c1-32-23(14(10-30)11-37-32)25(34)9-13-2-4-16(25)22(13)38(35,36)20-6-12(3-5-17(20)26)24(33)31-15-7-18(27)21(29)19(28)8-15/h3,5-8,13-14,16,22-23,34H,2,4,9,11H2,1H3,(H,31,33)/t13?,14?,16?,22-,23?,25-/m1/s1. The summed E-state index contributed by atoms with van der Waals surface area (Å²) < 4.78 is 68.2. The summed E-state index contributed by atoms with van der Waals surface area (Å²) in [6, 6.07) is 6.17. The quantitative estimate of drug-likeness (QED) is 0.527. The van der Waals surface area contributed by atoms with Crippen molar-refractivity contribution in [2.75, 3.05) is 19.0 Å². The zero-order valence-electron chi connectivity index (χ0n) is 20.0. The van der Waals surface area contributed by atoms with Crippen molar-refractivity contribution in [2.24, 2.45) is 17.8 Å². The van der Waals surface area contributed by atoms with Crippen LogP contribution in [0.4, 0.5) is 18.9 Å². The number of nitrogens with zero attached hydrogens (tertiary/aromatic N) is 2. The molecule has 2 bridgehead atoms. The number of carbonyl (C=O) groups excluding carboxylic acids is 1. The molecular weight excluding hydrogens is 547 g/mol. The van der Waals surface area contributed by atoms with E-state index < -0.39 is 67.8 Å². The Balaban J connectivity index is 1.45. The van der Waals surface area contributed by atoms with E-state index in [0.717, 1.165) is 6.07 Å². The molecule has 0 aromatic heterocycles. The van der Waals surface area contributed by atoms with Crippen LogP contribution in [-0.2, 0) is 14.7 Å². The van der Waals surface area contributed by atoms with E-state index in [1.54, 1.807) is 7.05 Å². The maximum atomic E-state index is 13.9. The SMILES string of the molecule is CN1OCC(C#N)C1[C@@]1(O)CC2CCC1[C@@H]2S(=O)(=O)c1cc(C(=O)Nc2cc(F)c(F)c(F)c2)ccc1Cl. The number of halogens is 4. The number of carbonyl (C=O) groups is 1. The largest absolute Gasteiger partial charge is 0.388 e. The lowest BCUT2D eigenvalue weighted by Crippen LogP contribution is -2.55. The van der Waals surface area contributed by atoms with Crippen LogP contribution < -0.4 is 5.32 Å². The highest BCUT2D eigenvalue weighted by atomic mass is 35.5. The number of hydrogen-bond donors (Lipinski definition) is 2. The molecule has 2 N–H and O–H groups in total. The molecule has 0 spiro atoms. The fourth-order valence-corrected chi connectivity index (χ4v) is 9.33. The second-order valence-electron chi connectivity index (χ2n) is 10.0. The van der Waals surface area contributed by atoms with Crippen LogP contribution in [0.25, 0.3) is 0 Å². The molecule has 0 radical (unpaired) electrons. The number of fused-ring (bicyclic) bond motifs is 2. The summed E-state index contributed by atoms with van der Waals surface area (Å²) in [5.41, 5.74) is -2.00. The van der Waals surface area contributed by atoms with E-state index in [-0.39, 0.29) is 34.2 Å². The molecule has 38 heavy (non-hydrogen) atoms. The lowest BCUT2D eigenvalue weighted by atomic mass is 9.74. The molecule has 1 heterocycles. The molecule has 13 heteroatoms. The lowest BCUT2D eigenvalue weighted by Gasteiger charge is -2.41. The van der Waals surface area contributed by atoms with Crippen molar-refractivity contribution in [3.8, 4) is 6.07 Å². The highest BCUT2D eigenvalue weighted by molar-refractivity contribution is 7.92. The number of benzene rings is 2. The molecule has 5 rings (SSSR count). The molecule has 2 aliphatic carbocycles. The van der Waals surface area contributed by atoms with Gasteiger partial charge in [-0.1, -0.05) is 11.6 Å². The number of anilines is 1. The normalized spacial score (nSPS) is 30.9. The Morgan fingerprint density at radius 1 is 1.24 bits per heavy atom. The Hall–Kier alpha value is -2.69. The maximum absolute atomic E-state index is 13.9. The van der Waals surface area contributed by atoms with Crippen LogP contribution in [0, 0.1) is 46.5 Å². The van der Waals surface area contributed by atoms with Crippen molar-refractivity contribution >= 4 is 33.0 Å². The number of likely N-dealkylation sites (N-methyl/N-ethyl adjacent to an activating group) is 1. The van der Waals surface area contributed by atoms with Crippen LogP contribution in [0.15, 0.2) is 35.2 Å². The number of sulfone groups is 1. The predicted molar refractivity (Wildman–Crippen MR) is 129 cm³/mol. The third kappa shape index (κ3) is 4.17. The molecule has 2 aromatic carbocycles. The van der Waals surface area contributed by atoms with Crippen LogP contribution in [0.3, 0.4) is 0 Å². The van der Waals surface area contributed by atoms with Crippen molar-refractivity contribution in [1.29, 1.82) is 5.26 Å². The van der Waals surface area contributed by atoms with E-state index in [1.165, 1.54) is 17.2 Å². The molecule has 3 fully saturated rings. The van der Waals surface area contributed by atoms with Gasteiger partial charge in [0.2, 0.25) is 0 Å². The van der Waals surface area contributed by atoms with Gasteiger partial charge in [-0.05, 0) is 43.4 Å². The summed E-state index contributed by atoms with van der Waals surface area (Å²) in [5, 5.41) is 23.8. The summed E-state index contributed by atoms with van der Waals surface area (Å²) in [7, 11) is -2.57. The molecule has 8 nitrogen and oxygen atoms in total. The summed E-state index contributed by atoms with van der Waals surface area (Å²) in [4.78, 5) is 17.9. The number of hydroxylamine groups is 2. The third-order valence-corrected chi connectivity index (χ3v) is 10.8. The van der Waals surface area contributed by atoms with Gasteiger partial charge >= 0.3 is 0 Å². The minimum Gasteiger partial charge on any atom is -0.388 e. The number of amides is 1. The molecule has 3 aliphatic rings. The van der Waals surface area contributed by atoms with E-state index in [1.807, 2.05) is 0 Å². The van der Waals surface area contributed by atoms with Gasteiger partial charge in [0, 0.05) is 36.3 Å². The van der Waals surface area contributed by atoms with Crippen LogP contribution in [0.1, 0.15) is 29.6 Å². The second-order valence-corrected chi connectivity index (χ2v) is 12.5. The van der Waals surface area contributed by atoms with Crippen LogP contribution in [0.5, 0.6) is 0 Å². The Kier molecular flexibility index (Phi) is 6.72. The lowest BCUT2D eigenvalue weighted by molar-refractivity contribution is -0.170. The van der Waals surface area contributed by atoms with Gasteiger partial charge in [-0.15, -0.1) is 0 Å². The molecule has 2 saturated carbocycles. The highest BCUT2D eigenvalue weighted by Gasteiger charge is 2.66. The van der Waals surface area contributed by atoms with Gasteiger partial charge in [-0.2, -0.15) is 10.3 Å². The summed E-state index contributed by atoms with van der Waals surface area (Å²) in [6.07, 6.45) is 1.15. The number of nitriles is 1. The van der Waals surface area contributed by atoms with Crippen LogP contribution in [-0.4, -0.2) is 55.0 Å². The average molecular weight is 570 g/mol. The molecule has 6 atom stereocenters. The van der Waals surface area contributed by atoms with E-state index in [2.05, 4.69) is 11.4 Å². The van der Waals surface area contributed by atoms with E-state index in [0.29, 0.717) is 25.0 Å². The molecule has 202 valence electrons. The van der Waals surface area contributed by atoms with E-state index in [4.69, 9.17) is 16.4 Å². The van der Waals surface area contributed by atoms with Gasteiger partial charge < -0.3 is 10.4 Å². The Bertz CT molecular complexity index is 1450. The van der Waals surface area contributed by atoms with Crippen molar-refractivity contribution in [3.05, 3.63) is 58.4 Å². The highest BCUT2D eigenvalue weighted by Crippen LogP contribution is 2.58. The topological polar surface area (TPSA) is 120 Å². The summed E-state index contributed by atoms with van der Waals surface area (Å²) >= 11 is 6.28. The third-order valence-electron chi connectivity index (χ3n) is 7.95.